The van der Waals surface area contributed by atoms with Crippen LogP contribution in [0.15, 0.2) is 46.9 Å². The van der Waals surface area contributed by atoms with Crippen LogP contribution < -0.4 is 38.0 Å². The minimum Gasteiger partial charge on any atom is -0.493 e. The molecular formula is C22H26ClNO7. The molecule has 1 aromatic heterocycles. The SMILES string of the molecule is CC[N+](CC)=c1cc(-c2ccc(OC)c(OC)c2)oc2ccc(C)cc12.[O-][Cl+3]([O-])([O-])[O-]. The summed E-state index contributed by atoms with van der Waals surface area (Å²) in [5.41, 5.74) is 3.06. The van der Waals surface area contributed by atoms with Crippen molar-refractivity contribution >= 4 is 11.0 Å². The molecule has 0 radical (unpaired) electrons. The van der Waals surface area contributed by atoms with E-state index in [9.17, 15) is 0 Å². The molecule has 8 nitrogen and oxygen atoms in total. The molecule has 2 aromatic carbocycles. The Kier molecular flexibility index (Phi) is 8.43. The fraction of sp³-hybridized carbons (Fsp3) is 0.318. The van der Waals surface area contributed by atoms with Crippen LogP contribution in [0.2, 0.25) is 0 Å². The molecule has 3 rings (SSSR count). The maximum atomic E-state index is 8.49. The van der Waals surface area contributed by atoms with Gasteiger partial charge in [0.1, 0.15) is 24.4 Å². The van der Waals surface area contributed by atoms with Gasteiger partial charge in [0.25, 0.3) is 0 Å². The molecule has 1 heterocycles. The van der Waals surface area contributed by atoms with Crippen molar-refractivity contribution in [2.75, 3.05) is 27.3 Å². The van der Waals surface area contributed by atoms with Crippen LogP contribution in [0.25, 0.3) is 22.3 Å². The van der Waals surface area contributed by atoms with Crippen molar-refractivity contribution in [1.82, 2.24) is 4.58 Å². The van der Waals surface area contributed by atoms with Gasteiger partial charge in [0.05, 0.1) is 25.7 Å². The number of ether oxygens (including phenoxy) is 2. The highest BCUT2D eigenvalue weighted by Gasteiger charge is 2.14. The molecule has 0 spiro atoms. The predicted octanol–water partition coefficient (Wildman–Crippen LogP) is -0.519. The van der Waals surface area contributed by atoms with Crippen molar-refractivity contribution in [2.45, 2.75) is 20.8 Å². The van der Waals surface area contributed by atoms with Crippen molar-refractivity contribution in [2.24, 2.45) is 0 Å². The number of hydrogen-bond donors (Lipinski definition) is 0. The average molecular weight is 452 g/mol. The fourth-order valence-electron chi connectivity index (χ4n) is 3.24. The molecule has 0 amide bonds. The first-order chi connectivity index (χ1) is 14.6. The number of halogens is 1. The average Bonchev–Trinajstić information content (AvgIpc) is 2.72. The lowest BCUT2D eigenvalue weighted by molar-refractivity contribution is -2.00. The van der Waals surface area contributed by atoms with E-state index in [0.29, 0.717) is 11.5 Å². The second-order valence-electron chi connectivity index (χ2n) is 6.62. The molecule has 0 N–H and O–H groups in total. The predicted molar refractivity (Wildman–Crippen MR) is 106 cm³/mol. The van der Waals surface area contributed by atoms with Crippen LogP contribution in [-0.2, 0) is 0 Å². The van der Waals surface area contributed by atoms with Crippen molar-refractivity contribution in [1.29, 1.82) is 0 Å². The first kappa shape index (κ1) is 24.6. The molecule has 0 saturated heterocycles. The monoisotopic (exact) mass is 451 g/mol. The third-order valence-electron chi connectivity index (χ3n) is 4.67. The van der Waals surface area contributed by atoms with Gasteiger partial charge in [-0.15, -0.1) is 10.2 Å². The maximum absolute atomic E-state index is 8.49. The summed E-state index contributed by atoms with van der Waals surface area (Å²) in [4.78, 5) is 0. The molecule has 0 aliphatic heterocycles. The van der Waals surface area contributed by atoms with E-state index in [-0.39, 0.29) is 0 Å². The molecule has 0 atom stereocenters. The number of benzene rings is 2. The molecule has 0 saturated carbocycles. The van der Waals surface area contributed by atoms with Crippen LogP contribution in [0.5, 0.6) is 11.5 Å². The Morgan fingerprint density at radius 2 is 1.48 bits per heavy atom. The minimum atomic E-state index is -4.94. The lowest BCUT2D eigenvalue weighted by Gasteiger charge is -2.17. The van der Waals surface area contributed by atoms with Crippen LogP contribution >= 0.6 is 0 Å². The van der Waals surface area contributed by atoms with E-state index in [0.717, 1.165) is 35.4 Å². The van der Waals surface area contributed by atoms with Gasteiger partial charge in [-0.1, -0.05) is 11.6 Å². The van der Waals surface area contributed by atoms with Crippen molar-refractivity contribution < 1.29 is 42.8 Å². The van der Waals surface area contributed by atoms with Crippen LogP contribution in [0.3, 0.4) is 0 Å². The third kappa shape index (κ3) is 6.68. The van der Waals surface area contributed by atoms with Gasteiger partial charge in [-0.05, 0) is 51.1 Å². The Hall–Kier alpha value is -2.62. The van der Waals surface area contributed by atoms with E-state index in [2.05, 4.69) is 43.5 Å². The smallest absolute Gasteiger partial charge is 0.214 e. The van der Waals surface area contributed by atoms with Crippen molar-refractivity contribution in [3.63, 3.8) is 0 Å². The zero-order valence-corrected chi connectivity index (χ0v) is 18.9. The topological polar surface area (TPSA) is 127 Å². The Labute approximate surface area is 183 Å². The lowest BCUT2D eigenvalue weighted by Crippen LogP contribution is -2.68. The summed E-state index contributed by atoms with van der Waals surface area (Å²) < 4.78 is 53.3. The zero-order chi connectivity index (χ0) is 23.2. The van der Waals surface area contributed by atoms with Gasteiger partial charge in [0.15, 0.2) is 11.5 Å². The second kappa shape index (κ2) is 10.6. The van der Waals surface area contributed by atoms with E-state index in [4.69, 9.17) is 32.5 Å². The summed E-state index contributed by atoms with van der Waals surface area (Å²) in [7, 11) is -1.66. The summed E-state index contributed by atoms with van der Waals surface area (Å²) >= 11 is 0. The Morgan fingerprint density at radius 1 is 0.871 bits per heavy atom. The summed E-state index contributed by atoms with van der Waals surface area (Å²) in [6, 6.07) is 14.3. The van der Waals surface area contributed by atoms with E-state index >= 15 is 0 Å². The van der Waals surface area contributed by atoms with Gasteiger partial charge >= 0.3 is 0 Å². The summed E-state index contributed by atoms with van der Waals surface area (Å²) in [6.07, 6.45) is 0. The van der Waals surface area contributed by atoms with E-state index in [1.807, 2.05) is 24.3 Å². The molecule has 9 heteroatoms. The fourth-order valence-corrected chi connectivity index (χ4v) is 3.24. The largest absolute Gasteiger partial charge is 0.493 e. The highest BCUT2D eigenvalue weighted by Crippen LogP contribution is 2.32. The van der Waals surface area contributed by atoms with Crippen molar-refractivity contribution in [3.05, 3.63) is 53.4 Å². The Bertz CT molecular complexity index is 1090. The first-order valence-electron chi connectivity index (χ1n) is 9.57. The van der Waals surface area contributed by atoms with E-state index in [1.165, 1.54) is 10.9 Å². The molecule has 0 bridgehead atoms. The number of fused-ring (bicyclic) bond motifs is 1. The number of methoxy groups -OCH3 is 2. The van der Waals surface area contributed by atoms with Gasteiger partial charge in [-0.3, -0.25) is 0 Å². The summed E-state index contributed by atoms with van der Waals surface area (Å²) in [5.74, 6) is 2.20. The van der Waals surface area contributed by atoms with Gasteiger partial charge in [-0.2, -0.15) is 0 Å². The molecule has 0 unspecified atom stereocenters. The number of hydrogen-bond acceptors (Lipinski definition) is 7. The number of aryl methyl sites for hydroxylation is 1. The van der Waals surface area contributed by atoms with Crippen LogP contribution in [0.4, 0.5) is 0 Å². The molecule has 0 fully saturated rings. The zero-order valence-electron chi connectivity index (χ0n) is 18.1. The molecular weight excluding hydrogens is 426 g/mol. The molecule has 3 aromatic rings. The minimum absolute atomic E-state index is 0.689. The molecule has 0 aliphatic rings. The maximum Gasteiger partial charge on any atom is 0.214 e. The van der Waals surface area contributed by atoms with Gasteiger partial charge in [0.2, 0.25) is 5.36 Å². The quantitative estimate of drug-likeness (QED) is 0.477. The Balaban J connectivity index is 0.000000614. The molecule has 0 aliphatic carbocycles. The van der Waals surface area contributed by atoms with Gasteiger partial charge < -0.3 is 13.9 Å². The van der Waals surface area contributed by atoms with Crippen LogP contribution in [0, 0.1) is 17.2 Å². The third-order valence-corrected chi connectivity index (χ3v) is 4.67. The summed E-state index contributed by atoms with van der Waals surface area (Å²) in [6.45, 7) is 8.33. The molecule has 31 heavy (non-hydrogen) atoms. The Morgan fingerprint density at radius 3 is 2.03 bits per heavy atom. The highest BCUT2D eigenvalue weighted by molar-refractivity contribution is 5.79. The number of rotatable bonds is 5. The van der Waals surface area contributed by atoms with Crippen molar-refractivity contribution in [3.8, 4) is 22.8 Å². The lowest BCUT2D eigenvalue weighted by atomic mass is 10.1. The van der Waals surface area contributed by atoms with Gasteiger partial charge in [0, 0.05) is 5.56 Å². The second-order valence-corrected chi connectivity index (χ2v) is 7.37. The van der Waals surface area contributed by atoms with Crippen LogP contribution in [0.1, 0.15) is 19.4 Å². The van der Waals surface area contributed by atoms with E-state index in [1.54, 1.807) is 14.2 Å². The number of nitrogens with zero attached hydrogens (tertiary/aromatic N) is 1. The van der Waals surface area contributed by atoms with Crippen LogP contribution in [-0.4, -0.2) is 27.3 Å². The van der Waals surface area contributed by atoms with Gasteiger partial charge in [-0.25, -0.2) is 23.2 Å². The highest BCUT2D eigenvalue weighted by atomic mass is 35.7. The first-order valence-corrected chi connectivity index (χ1v) is 10.8. The standard InChI is InChI=1S/C22H26NO3.ClHO4/c1-6-23(7-2)18-14-21(26-19-10-8-15(3)12-17(18)19)16-9-11-20(24-4)22(13-16)25-5;2-1(3,4)5/h8-14H,6-7H2,1-5H3;(H,2,3,4,5)/q+1;/p-1. The normalized spacial score (nSPS) is 11.0. The van der Waals surface area contributed by atoms with E-state index < -0.39 is 10.2 Å². The summed E-state index contributed by atoms with van der Waals surface area (Å²) in [5, 5.41) is 2.32. The molecule has 168 valence electrons.